The molecule has 0 aliphatic rings. The van der Waals surface area contributed by atoms with E-state index in [1.165, 1.54) is 32.1 Å². The molecule has 0 radical (unpaired) electrons. The van der Waals surface area contributed by atoms with Gasteiger partial charge in [-0.3, -0.25) is 4.99 Å². The Morgan fingerprint density at radius 3 is 2.40 bits per heavy atom. The molecule has 0 heterocycles. The van der Waals surface area contributed by atoms with Crippen molar-refractivity contribution in [3.8, 4) is 0 Å². The molecule has 0 saturated carbocycles. The van der Waals surface area contributed by atoms with E-state index in [1.807, 2.05) is 0 Å². The summed E-state index contributed by atoms with van der Waals surface area (Å²) in [6.45, 7) is 5.43. The number of unbranched alkanes of at least 4 members (excludes halogenated alkanes) is 3. The summed E-state index contributed by atoms with van der Waals surface area (Å²) in [6, 6.07) is 0. The van der Waals surface area contributed by atoms with Gasteiger partial charge in [-0.15, -0.1) is 0 Å². The molecule has 1 heteroatoms. The predicted octanol–water partition coefficient (Wildman–Crippen LogP) is 3.05. The Labute approximate surface area is 64.6 Å². The predicted molar refractivity (Wildman–Crippen MR) is 47.8 cm³/mol. The molecule has 0 bridgehead atoms. The van der Waals surface area contributed by atoms with Gasteiger partial charge in [0.2, 0.25) is 0 Å². The third-order valence-corrected chi connectivity index (χ3v) is 1.46. The fourth-order valence-electron chi connectivity index (χ4n) is 0.727. The maximum Gasteiger partial charge on any atom is 0.0385 e. The smallest absolute Gasteiger partial charge is 0.0385 e. The molecule has 10 heavy (non-hydrogen) atoms. The van der Waals surface area contributed by atoms with Gasteiger partial charge in [0.25, 0.3) is 0 Å². The Kier molecular flexibility index (Phi) is 8.38. The quantitative estimate of drug-likeness (QED) is 0.398. The summed E-state index contributed by atoms with van der Waals surface area (Å²) < 4.78 is 0. The minimum Gasteiger partial charge on any atom is -0.298 e. The Morgan fingerprint density at radius 1 is 1.10 bits per heavy atom. The third kappa shape index (κ3) is 7.67. The van der Waals surface area contributed by atoms with Crippen LogP contribution in [0.2, 0.25) is 0 Å². The van der Waals surface area contributed by atoms with Crippen molar-refractivity contribution in [2.75, 3.05) is 6.54 Å². The first-order valence-electron chi connectivity index (χ1n) is 4.40. The van der Waals surface area contributed by atoms with Gasteiger partial charge in [0.05, 0.1) is 0 Å². The van der Waals surface area contributed by atoms with Crippen LogP contribution < -0.4 is 0 Å². The molecule has 0 spiro atoms. The molecule has 0 N–H and O–H groups in total. The Hall–Kier alpha value is -0.330. The molecule has 0 aliphatic heterocycles. The molecule has 60 valence electrons. The van der Waals surface area contributed by atoms with Crippen molar-refractivity contribution < 1.29 is 0 Å². The van der Waals surface area contributed by atoms with Crippen LogP contribution in [0.5, 0.6) is 0 Å². The van der Waals surface area contributed by atoms with Gasteiger partial charge in [0, 0.05) is 6.54 Å². The maximum atomic E-state index is 4.27. The van der Waals surface area contributed by atoms with E-state index in [0.717, 1.165) is 6.54 Å². The van der Waals surface area contributed by atoms with E-state index in [1.54, 1.807) is 0 Å². The number of rotatable bonds is 6. The first-order valence-corrected chi connectivity index (χ1v) is 4.40. The standard InChI is InChI=1S/C9H19N/c1-3-5-7-9-10-8-6-4-2/h9H,3-8H2,1-2H3. The summed E-state index contributed by atoms with van der Waals surface area (Å²) in [5, 5.41) is 0. The van der Waals surface area contributed by atoms with E-state index in [9.17, 15) is 0 Å². The molecule has 0 atom stereocenters. The number of aliphatic imine (C=N–C) groups is 1. The lowest BCUT2D eigenvalue weighted by Crippen LogP contribution is -1.81. The zero-order chi connectivity index (χ0) is 7.66. The number of nitrogens with zero attached hydrogens (tertiary/aromatic N) is 1. The van der Waals surface area contributed by atoms with Crippen molar-refractivity contribution in [3.63, 3.8) is 0 Å². The SMILES string of the molecule is CCCCC=NCCCC. The van der Waals surface area contributed by atoms with Crippen LogP contribution >= 0.6 is 0 Å². The lowest BCUT2D eigenvalue weighted by atomic mass is 10.3. The highest BCUT2D eigenvalue weighted by Crippen LogP contribution is 1.91. The summed E-state index contributed by atoms with van der Waals surface area (Å²) in [6.07, 6.45) is 8.29. The zero-order valence-corrected chi connectivity index (χ0v) is 7.27. The Morgan fingerprint density at radius 2 is 1.80 bits per heavy atom. The normalized spacial score (nSPS) is 11.0. The summed E-state index contributed by atoms with van der Waals surface area (Å²) in [5.41, 5.74) is 0. The Balaban J connectivity index is 2.89. The first-order chi connectivity index (χ1) is 4.91. The van der Waals surface area contributed by atoms with Crippen LogP contribution in [-0.4, -0.2) is 12.8 Å². The lowest BCUT2D eigenvalue weighted by Gasteiger charge is -1.89. The van der Waals surface area contributed by atoms with E-state index in [4.69, 9.17) is 0 Å². The van der Waals surface area contributed by atoms with Crippen molar-refractivity contribution in [1.29, 1.82) is 0 Å². The van der Waals surface area contributed by atoms with Crippen LogP contribution in [0.4, 0.5) is 0 Å². The van der Waals surface area contributed by atoms with Gasteiger partial charge in [0.15, 0.2) is 0 Å². The molecule has 0 aromatic rings. The van der Waals surface area contributed by atoms with Crippen molar-refractivity contribution in [3.05, 3.63) is 0 Å². The van der Waals surface area contributed by atoms with E-state index < -0.39 is 0 Å². The molecule has 1 nitrogen and oxygen atoms in total. The van der Waals surface area contributed by atoms with Crippen LogP contribution in [0.1, 0.15) is 46.0 Å². The lowest BCUT2D eigenvalue weighted by molar-refractivity contribution is 0.799. The third-order valence-electron chi connectivity index (χ3n) is 1.46. The van der Waals surface area contributed by atoms with Gasteiger partial charge in [-0.2, -0.15) is 0 Å². The van der Waals surface area contributed by atoms with Gasteiger partial charge < -0.3 is 0 Å². The van der Waals surface area contributed by atoms with Crippen molar-refractivity contribution in [2.24, 2.45) is 4.99 Å². The summed E-state index contributed by atoms with van der Waals surface area (Å²) in [5.74, 6) is 0. The minimum absolute atomic E-state index is 1.03. The second kappa shape index (κ2) is 8.67. The second-order valence-corrected chi connectivity index (χ2v) is 2.58. The molecule has 0 rings (SSSR count). The molecular weight excluding hydrogens is 122 g/mol. The van der Waals surface area contributed by atoms with E-state index in [0.29, 0.717) is 0 Å². The Bertz CT molecular complexity index is 66.8. The molecule has 0 amide bonds. The van der Waals surface area contributed by atoms with Gasteiger partial charge in [0.1, 0.15) is 0 Å². The van der Waals surface area contributed by atoms with Gasteiger partial charge in [-0.25, -0.2) is 0 Å². The molecule has 0 unspecified atom stereocenters. The van der Waals surface area contributed by atoms with Gasteiger partial charge in [-0.05, 0) is 25.5 Å². The molecule has 0 saturated heterocycles. The average molecular weight is 141 g/mol. The number of hydrogen-bond acceptors (Lipinski definition) is 1. The minimum atomic E-state index is 1.03. The van der Waals surface area contributed by atoms with Crippen LogP contribution in [0.3, 0.4) is 0 Å². The highest BCUT2D eigenvalue weighted by Gasteiger charge is 1.79. The van der Waals surface area contributed by atoms with Crippen LogP contribution in [0, 0.1) is 0 Å². The van der Waals surface area contributed by atoms with Crippen LogP contribution in [-0.2, 0) is 0 Å². The van der Waals surface area contributed by atoms with Crippen molar-refractivity contribution in [2.45, 2.75) is 46.0 Å². The molecule has 0 fully saturated rings. The second-order valence-electron chi connectivity index (χ2n) is 2.58. The number of hydrogen-bond donors (Lipinski definition) is 0. The highest BCUT2D eigenvalue weighted by molar-refractivity contribution is 5.56. The zero-order valence-electron chi connectivity index (χ0n) is 7.27. The first kappa shape index (κ1) is 9.67. The largest absolute Gasteiger partial charge is 0.298 e. The van der Waals surface area contributed by atoms with Crippen molar-refractivity contribution in [1.82, 2.24) is 0 Å². The monoisotopic (exact) mass is 141 g/mol. The van der Waals surface area contributed by atoms with E-state index in [2.05, 4.69) is 25.1 Å². The van der Waals surface area contributed by atoms with Gasteiger partial charge >= 0.3 is 0 Å². The van der Waals surface area contributed by atoms with E-state index in [-0.39, 0.29) is 0 Å². The fourth-order valence-corrected chi connectivity index (χ4v) is 0.727. The topological polar surface area (TPSA) is 12.4 Å². The van der Waals surface area contributed by atoms with E-state index >= 15 is 0 Å². The molecule has 0 aromatic carbocycles. The molecule has 0 aliphatic carbocycles. The average Bonchev–Trinajstić information content (AvgIpc) is 1.97. The molecule has 0 aromatic heterocycles. The van der Waals surface area contributed by atoms with Gasteiger partial charge in [-0.1, -0.05) is 26.7 Å². The fraction of sp³-hybridized carbons (Fsp3) is 0.889. The maximum absolute atomic E-state index is 4.27. The van der Waals surface area contributed by atoms with Crippen LogP contribution in [0.25, 0.3) is 0 Å². The van der Waals surface area contributed by atoms with Crippen molar-refractivity contribution >= 4 is 6.21 Å². The summed E-state index contributed by atoms with van der Waals surface area (Å²) in [7, 11) is 0. The summed E-state index contributed by atoms with van der Waals surface area (Å²) >= 11 is 0. The van der Waals surface area contributed by atoms with Crippen LogP contribution in [0.15, 0.2) is 4.99 Å². The molecular formula is C9H19N. The summed E-state index contributed by atoms with van der Waals surface area (Å²) in [4.78, 5) is 4.27. The highest BCUT2D eigenvalue weighted by atomic mass is 14.7.